The molecule has 98 valence electrons. The zero-order chi connectivity index (χ0) is 13.3. The minimum atomic E-state index is -1.19. The van der Waals surface area contributed by atoms with E-state index in [9.17, 15) is 18.9 Å². The molecular formula is C11H12F2N2O2S. The molecule has 18 heavy (non-hydrogen) atoms. The van der Waals surface area contributed by atoms with Crippen molar-refractivity contribution in [1.29, 1.82) is 0 Å². The van der Waals surface area contributed by atoms with E-state index in [0.29, 0.717) is 5.25 Å². The van der Waals surface area contributed by atoms with Gasteiger partial charge in [-0.05, 0) is 12.5 Å². The number of nitro benzene ring substituents is 1. The number of nitrogens with one attached hydrogen (secondary N) is 1. The van der Waals surface area contributed by atoms with Crippen LogP contribution in [0, 0.1) is 21.7 Å². The highest BCUT2D eigenvalue weighted by atomic mass is 32.2. The highest BCUT2D eigenvalue weighted by Gasteiger charge is 2.27. The number of nitrogens with zero attached hydrogens (tertiary/aromatic N) is 1. The molecule has 1 N–H and O–H groups in total. The van der Waals surface area contributed by atoms with Crippen LogP contribution in [-0.2, 0) is 0 Å². The Morgan fingerprint density at radius 3 is 2.78 bits per heavy atom. The van der Waals surface area contributed by atoms with E-state index in [1.165, 1.54) is 0 Å². The number of anilines is 1. The molecule has 0 spiro atoms. The molecule has 2 unspecified atom stereocenters. The lowest BCUT2D eigenvalue weighted by molar-refractivity contribution is -0.384. The lowest BCUT2D eigenvalue weighted by Crippen LogP contribution is -2.21. The highest BCUT2D eigenvalue weighted by molar-refractivity contribution is 8.00. The van der Waals surface area contributed by atoms with Crippen molar-refractivity contribution >= 4 is 23.1 Å². The Balaban J connectivity index is 2.30. The molecule has 2 rings (SSSR count). The quantitative estimate of drug-likeness (QED) is 0.679. The van der Waals surface area contributed by atoms with E-state index in [4.69, 9.17) is 0 Å². The van der Waals surface area contributed by atoms with E-state index < -0.39 is 22.2 Å². The summed E-state index contributed by atoms with van der Waals surface area (Å²) in [4.78, 5) is 10.1. The van der Waals surface area contributed by atoms with Crippen molar-refractivity contribution in [2.75, 3.05) is 11.1 Å². The van der Waals surface area contributed by atoms with Crippen molar-refractivity contribution in [2.45, 2.75) is 24.6 Å². The molecule has 1 aliphatic heterocycles. The summed E-state index contributed by atoms with van der Waals surface area (Å²) in [5, 5.41) is 14.0. The zero-order valence-electron chi connectivity index (χ0n) is 9.65. The molecule has 0 saturated carbocycles. The largest absolute Gasteiger partial charge is 0.373 e. The van der Waals surface area contributed by atoms with Crippen molar-refractivity contribution in [2.24, 2.45) is 0 Å². The summed E-state index contributed by atoms with van der Waals surface area (Å²) < 4.78 is 26.8. The van der Waals surface area contributed by atoms with Gasteiger partial charge in [-0.15, -0.1) is 0 Å². The van der Waals surface area contributed by atoms with Crippen LogP contribution >= 0.6 is 11.8 Å². The molecule has 1 aliphatic rings. The predicted molar refractivity (Wildman–Crippen MR) is 67.0 cm³/mol. The Kier molecular flexibility index (Phi) is 3.70. The standard InChI is InChI=1S/C11H12F2N2O2S/c1-6-4-7(5-18-6)14-11-9(15(16)17)3-2-8(12)10(11)13/h2-3,6-7,14H,4-5H2,1H3. The second kappa shape index (κ2) is 5.09. The Labute approximate surface area is 107 Å². The van der Waals surface area contributed by atoms with Gasteiger partial charge in [0, 0.05) is 23.1 Å². The molecular weight excluding hydrogens is 262 g/mol. The summed E-state index contributed by atoms with van der Waals surface area (Å²) in [6.07, 6.45) is 0.776. The van der Waals surface area contributed by atoms with Gasteiger partial charge in [-0.3, -0.25) is 10.1 Å². The first-order valence-corrected chi connectivity index (χ1v) is 6.54. The van der Waals surface area contributed by atoms with Crippen LogP contribution in [0.15, 0.2) is 12.1 Å². The van der Waals surface area contributed by atoms with Crippen molar-refractivity contribution < 1.29 is 13.7 Å². The fourth-order valence-electron chi connectivity index (χ4n) is 1.95. The minimum absolute atomic E-state index is 0.0694. The third-order valence-electron chi connectivity index (χ3n) is 2.82. The lowest BCUT2D eigenvalue weighted by atomic mass is 10.1. The Morgan fingerprint density at radius 1 is 1.50 bits per heavy atom. The summed E-state index contributed by atoms with van der Waals surface area (Å²) in [5.74, 6) is -1.54. The molecule has 2 atom stereocenters. The lowest BCUT2D eigenvalue weighted by Gasteiger charge is -2.14. The molecule has 7 heteroatoms. The average Bonchev–Trinajstić information content (AvgIpc) is 2.70. The van der Waals surface area contributed by atoms with E-state index in [1.54, 1.807) is 11.8 Å². The van der Waals surface area contributed by atoms with Gasteiger partial charge in [0.15, 0.2) is 17.3 Å². The topological polar surface area (TPSA) is 55.2 Å². The van der Waals surface area contributed by atoms with Crippen LogP contribution in [0.3, 0.4) is 0 Å². The molecule has 1 fully saturated rings. The van der Waals surface area contributed by atoms with E-state index in [1.807, 2.05) is 6.92 Å². The molecule has 1 heterocycles. The molecule has 0 aromatic heterocycles. The van der Waals surface area contributed by atoms with Crippen molar-refractivity contribution in [3.63, 3.8) is 0 Å². The minimum Gasteiger partial charge on any atom is -0.373 e. The molecule has 0 radical (unpaired) electrons. The molecule has 0 bridgehead atoms. The number of benzene rings is 1. The van der Waals surface area contributed by atoms with Crippen molar-refractivity contribution in [3.05, 3.63) is 33.9 Å². The van der Waals surface area contributed by atoms with Crippen LogP contribution < -0.4 is 5.32 Å². The fraction of sp³-hybridized carbons (Fsp3) is 0.455. The first kappa shape index (κ1) is 13.1. The summed E-state index contributed by atoms with van der Waals surface area (Å²) in [7, 11) is 0. The molecule has 1 saturated heterocycles. The van der Waals surface area contributed by atoms with Crippen LogP contribution in [0.1, 0.15) is 13.3 Å². The van der Waals surface area contributed by atoms with Crippen LogP contribution in [0.2, 0.25) is 0 Å². The number of rotatable bonds is 3. The van der Waals surface area contributed by atoms with Crippen LogP contribution in [0.5, 0.6) is 0 Å². The van der Waals surface area contributed by atoms with E-state index in [0.717, 1.165) is 24.3 Å². The Morgan fingerprint density at radius 2 is 2.22 bits per heavy atom. The SMILES string of the molecule is CC1CC(Nc2c([N+](=O)[O-])ccc(F)c2F)CS1. The Bertz CT molecular complexity index is 484. The molecule has 1 aromatic rings. The van der Waals surface area contributed by atoms with Gasteiger partial charge in [-0.25, -0.2) is 8.78 Å². The van der Waals surface area contributed by atoms with Gasteiger partial charge >= 0.3 is 0 Å². The first-order chi connectivity index (χ1) is 8.49. The molecule has 1 aromatic carbocycles. The highest BCUT2D eigenvalue weighted by Crippen LogP contribution is 2.33. The van der Waals surface area contributed by atoms with E-state index in [-0.39, 0.29) is 11.7 Å². The predicted octanol–water partition coefficient (Wildman–Crippen LogP) is 3.18. The van der Waals surface area contributed by atoms with Gasteiger partial charge in [-0.1, -0.05) is 6.92 Å². The molecule has 0 amide bonds. The van der Waals surface area contributed by atoms with Crippen molar-refractivity contribution in [3.8, 4) is 0 Å². The van der Waals surface area contributed by atoms with Crippen molar-refractivity contribution in [1.82, 2.24) is 0 Å². The third-order valence-corrected chi connectivity index (χ3v) is 4.17. The van der Waals surface area contributed by atoms with Crippen LogP contribution in [0.4, 0.5) is 20.2 Å². The van der Waals surface area contributed by atoms with Gasteiger partial charge < -0.3 is 5.32 Å². The number of thioether (sulfide) groups is 1. The smallest absolute Gasteiger partial charge is 0.295 e. The molecule has 4 nitrogen and oxygen atoms in total. The number of hydrogen-bond donors (Lipinski definition) is 1. The Hall–Kier alpha value is -1.37. The van der Waals surface area contributed by atoms with E-state index in [2.05, 4.69) is 5.32 Å². The van der Waals surface area contributed by atoms with Gasteiger partial charge in [0.05, 0.1) is 4.92 Å². The van der Waals surface area contributed by atoms with Gasteiger partial charge in [0.2, 0.25) is 0 Å². The first-order valence-electron chi connectivity index (χ1n) is 5.49. The summed E-state index contributed by atoms with van der Waals surface area (Å²) in [6, 6.07) is 1.68. The second-order valence-electron chi connectivity index (χ2n) is 4.23. The average molecular weight is 274 g/mol. The normalized spacial score (nSPS) is 23.1. The summed E-state index contributed by atoms with van der Waals surface area (Å²) >= 11 is 1.70. The number of hydrogen-bond acceptors (Lipinski definition) is 4. The monoisotopic (exact) mass is 274 g/mol. The van der Waals surface area contributed by atoms with Crippen LogP contribution in [-0.4, -0.2) is 22.0 Å². The van der Waals surface area contributed by atoms with Crippen LogP contribution in [0.25, 0.3) is 0 Å². The molecule has 0 aliphatic carbocycles. The maximum atomic E-state index is 13.6. The van der Waals surface area contributed by atoms with Gasteiger partial charge in [0.1, 0.15) is 0 Å². The maximum absolute atomic E-state index is 13.6. The number of nitro groups is 1. The summed E-state index contributed by atoms with van der Waals surface area (Å²) in [5.41, 5.74) is -0.779. The fourth-order valence-corrected chi connectivity index (χ4v) is 3.10. The second-order valence-corrected chi connectivity index (χ2v) is 5.70. The zero-order valence-corrected chi connectivity index (χ0v) is 10.5. The van der Waals surface area contributed by atoms with E-state index >= 15 is 0 Å². The van der Waals surface area contributed by atoms with Gasteiger partial charge in [-0.2, -0.15) is 11.8 Å². The third kappa shape index (κ3) is 2.55. The summed E-state index contributed by atoms with van der Waals surface area (Å²) in [6.45, 7) is 2.03. The maximum Gasteiger partial charge on any atom is 0.295 e. The number of halogens is 2. The van der Waals surface area contributed by atoms with Gasteiger partial charge in [0.25, 0.3) is 5.69 Å².